The summed E-state index contributed by atoms with van der Waals surface area (Å²) in [6.07, 6.45) is 2.89. The normalized spacial score (nSPS) is 10.7. The largest absolute Gasteiger partial charge is 1.00 e. The quantitative estimate of drug-likeness (QED) is 0.176. The molecule has 0 aliphatic heterocycles. The first-order chi connectivity index (χ1) is 16.8. The van der Waals surface area contributed by atoms with E-state index < -0.39 is 29.8 Å². The third kappa shape index (κ3) is 7.70. The van der Waals surface area contributed by atoms with Crippen molar-refractivity contribution in [2.45, 2.75) is 52.2 Å². The Hall–Kier alpha value is -2.60. The number of carboxylic acid groups (broad SMARTS) is 1. The number of aliphatic carboxylic acids is 1. The monoisotopic (exact) mass is 526 g/mol. The van der Waals surface area contributed by atoms with Crippen molar-refractivity contribution in [3.63, 3.8) is 0 Å². The number of hydrogen-bond acceptors (Lipinski definition) is 5. The number of aromatic nitrogens is 4. The van der Waals surface area contributed by atoms with Crippen molar-refractivity contribution in [2.75, 3.05) is 13.1 Å². The van der Waals surface area contributed by atoms with Crippen molar-refractivity contribution >= 4 is 34.8 Å². The molecule has 2 amide bonds. The zero-order valence-corrected chi connectivity index (χ0v) is 23.2. The summed E-state index contributed by atoms with van der Waals surface area (Å²) in [6, 6.07) is 8.49. The number of carbonyl (C=O) groups is 2. The minimum Gasteiger partial charge on any atom is -0.480 e. The number of carbonyl (C=O) groups excluding carboxylic acids is 1. The second-order valence-corrected chi connectivity index (χ2v) is 8.42. The van der Waals surface area contributed by atoms with Crippen molar-refractivity contribution < 1.29 is 44.3 Å². The van der Waals surface area contributed by atoms with Crippen molar-refractivity contribution in [1.82, 2.24) is 29.3 Å². The van der Waals surface area contributed by atoms with Crippen molar-refractivity contribution in [3.05, 3.63) is 62.0 Å². The van der Waals surface area contributed by atoms with E-state index in [1.54, 1.807) is 24.3 Å². The molecule has 3 aromatic rings. The fraction of sp³-hybridized carbons (Fsp3) is 0.435. The van der Waals surface area contributed by atoms with Crippen LogP contribution in [0.1, 0.15) is 38.2 Å². The summed E-state index contributed by atoms with van der Waals surface area (Å²) in [7, 11) is 0. The van der Waals surface area contributed by atoms with Crippen molar-refractivity contribution in [1.29, 1.82) is 0 Å². The van der Waals surface area contributed by atoms with Crippen LogP contribution in [0.25, 0.3) is 11.2 Å². The first-order valence-electron chi connectivity index (χ1n) is 11.4. The summed E-state index contributed by atoms with van der Waals surface area (Å²) >= 11 is 5.90. The molecule has 2 heterocycles. The van der Waals surface area contributed by atoms with Gasteiger partial charge >= 0.3 is 47.2 Å². The van der Waals surface area contributed by atoms with E-state index in [0.717, 1.165) is 29.4 Å². The number of fused-ring (bicyclic) bond motifs is 1. The second-order valence-electron chi connectivity index (χ2n) is 8.08. The summed E-state index contributed by atoms with van der Waals surface area (Å²) < 4.78 is 2.49. The molecule has 0 aliphatic carbocycles. The smallest absolute Gasteiger partial charge is 0.480 e. The van der Waals surface area contributed by atoms with Crippen LogP contribution in [0.4, 0.5) is 4.79 Å². The van der Waals surface area contributed by atoms with Gasteiger partial charge in [-0.05, 0) is 18.4 Å². The Morgan fingerprint density at radius 2 is 1.81 bits per heavy atom. The molecule has 0 radical (unpaired) electrons. The fourth-order valence-corrected chi connectivity index (χ4v) is 3.88. The van der Waals surface area contributed by atoms with Crippen LogP contribution in [0, 0.1) is 0 Å². The molecule has 0 unspecified atom stereocenters. The van der Waals surface area contributed by atoms with E-state index in [0.29, 0.717) is 6.54 Å². The molecule has 0 atom stereocenters. The molecule has 0 bridgehead atoms. The second kappa shape index (κ2) is 14.2. The SMILES string of the molecule is CCCCCn1c(=O)n(CCCNC(=O)N(CC(=O)O)Cc2ccccc2)c(=O)c2[n-]c(Cl)nc21.[Na+]. The number of aryl methyl sites for hydroxylation is 1. The number of amides is 2. The molecular formula is C23H28ClN6NaO5. The number of nitrogens with one attached hydrogen (secondary N) is 1. The van der Waals surface area contributed by atoms with Crippen LogP contribution in [0.3, 0.4) is 0 Å². The number of rotatable bonds is 12. The Morgan fingerprint density at radius 3 is 2.47 bits per heavy atom. The molecule has 36 heavy (non-hydrogen) atoms. The maximum atomic E-state index is 13.0. The molecule has 0 fully saturated rings. The fourth-order valence-electron chi connectivity index (χ4n) is 3.72. The minimum atomic E-state index is -1.13. The van der Waals surface area contributed by atoms with Gasteiger partial charge in [0, 0.05) is 42.6 Å². The van der Waals surface area contributed by atoms with Gasteiger partial charge < -0.3 is 25.3 Å². The molecule has 0 saturated carbocycles. The number of nitrogens with zero attached hydrogens (tertiary/aromatic N) is 5. The Bertz CT molecular complexity index is 1290. The minimum absolute atomic E-state index is 0. The number of urea groups is 1. The van der Waals surface area contributed by atoms with Gasteiger partial charge in [0.1, 0.15) is 6.54 Å². The number of imidazole rings is 1. The average molecular weight is 527 g/mol. The predicted molar refractivity (Wildman–Crippen MR) is 131 cm³/mol. The topological polar surface area (TPSA) is 141 Å². The van der Waals surface area contributed by atoms with E-state index in [-0.39, 0.29) is 72.1 Å². The van der Waals surface area contributed by atoms with Gasteiger partial charge in [0.25, 0.3) is 5.56 Å². The standard InChI is InChI=1S/C23H29ClN6O5.Na/c1-2-3-7-12-29-19-18(26-21(24)27-19)20(33)30(23(29)35)13-8-11-25-22(34)28(15-17(31)32)14-16-9-5-4-6-10-16;/h4-6,9-10H,2-3,7-8,11-15H2,1H3,(H3,25,26,27,31,32,33,34);/q;+1/p-1. The van der Waals surface area contributed by atoms with Gasteiger partial charge in [0.15, 0.2) is 0 Å². The molecule has 11 nitrogen and oxygen atoms in total. The van der Waals surface area contributed by atoms with Gasteiger partial charge in [0.2, 0.25) is 0 Å². The van der Waals surface area contributed by atoms with Crippen LogP contribution < -0.4 is 51.1 Å². The Morgan fingerprint density at radius 1 is 1.11 bits per heavy atom. The molecule has 0 saturated heterocycles. The van der Waals surface area contributed by atoms with Crippen molar-refractivity contribution in [2.24, 2.45) is 0 Å². The van der Waals surface area contributed by atoms with E-state index in [1.807, 2.05) is 13.0 Å². The summed E-state index contributed by atoms with van der Waals surface area (Å²) in [5.41, 5.74) is -0.0829. The van der Waals surface area contributed by atoms with Gasteiger partial charge in [-0.1, -0.05) is 61.7 Å². The molecule has 0 aliphatic rings. The molecule has 1 aromatic carbocycles. The summed E-state index contributed by atoms with van der Waals surface area (Å²) in [4.78, 5) is 58.9. The van der Waals surface area contributed by atoms with Crippen LogP contribution in [0.5, 0.6) is 0 Å². The Kier molecular flexibility index (Phi) is 11.7. The first kappa shape index (κ1) is 29.6. The summed E-state index contributed by atoms with van der Waals surface area (Å²) in [5, 5.41) is 11.7. The number of halogens is 1. The van der Waals surface area contributed by atoms with Gasteiger partial charge in [-0.3, -0.25) is 18.7 Å². The summed E-state index contributed by atoms with van der Waals surface area (Å²) in [6.45, 7) is 2.29. The number of unbranched alkanes of at least 4 members (excludes halogenated alkanes) is 2. The number of carboxylic acids is 1. The van der Waals surface area contributed by atoms with Crippen LogP contribution >= 0.6 is 11.6 Å². The number of benzene rings is 1. The zero-order valence-electron chi connectivity index (χ0n) is 20.4. The van der Waals surface area contributed by atoms with E-state index in [1.165, 1.54) is 9.47 Å². The third-order valence-electron chi connectivity index (χ3n) is 5.43. The molecule has 2 N–H and O–H groups in total. The van der Waals surface area contributed by atoms with Crippen LogP contribution in [-0.2, 0) is 24.4 Å². The Labute approximate surface area is 234 Å². The van der Waals surface area contributed by atoms with Crippen LogP contribution in [0.15, 0.2) is 39.9 Å². The predicted octanol–water partition coefficient (Wildman–Crippen LogP) is -0.950. The maximum absolute atomic E-state index is 13.0. The average Bonchev–Trinajstić information content (AvgIpc) is 3.22. The van der Waals surface area contributed by atoms with Crippen molar-refractivity contribution in [3.8, 4) is 0 Å². The molecule has 188 valence electrons. The third-order valence-corrected chi connectivity index (χ3v) is 5.60. The maximum Gasteiger partial charge on any atom is 1.00 e. The first-order valence-corrected chi connectivity index (χ1v) is 11.8. The van der Waals surface area contributed by atoms with Gasteiger partial charge in [-0.15, -0.1) is 0 Å². The molecule has 3 rings (SSSR count). The molecular weight excluding hydrogens is 499 g/mol. The Balaban J connectivity index is 0.00000456. The van der Waals surface area contributed by atoms with E-state index in [4.69, 9.17) is 16.7 Å². The molecule has 2 aromatic heterocycles. The summed E-state index contributed by atoms with van der Waals surface area (Å²) in [5.74, 6) is -1.13. The van der Waals surface area contributed by atoms with Crippen LogP contribution in [0.2, 0.25) is 5.28 Å². The van der Waals surface area contributed by atoms with Gasteiger partial charge in [-0.25, -0.2) is 9.59 Å². The van der Waals surface area contributed by atoms with E-state index in [2.05, 4.69) is 15.3 Å². The van der Waals surface area contributed by atoms with Gasteiger partial charge in [0.05, 0.1) is 0 Å². The van der Waals surface area contributed by atoms with Gasteiger partial charge in [-0.2, -0.15) is 0 Å². The van der Waals surface area contributed by atoms with Crippen LogP contribution in [-0.4, -0.2) is 49.2 Å². The molecule has 13 heteroatoms. The number of hydrogen-bond donors (Lipinski definition) is 2. The van der Waals surface area contributed by atoms with E-state index in [9.17, 15) is 19.2 Å². The van der Waals surface area contributed by atoms with E-state index >= 15 is 0 Å². The zero-order chi connectivity index (χ0) is 25.4. The molecule has 0 spiro atoms.